The smallest absolute Gasteiger partial charge is 0.249 e. The number of morpholine rings is 1. The first-order valence-electron chi connectivity index (χ1n) is 10.2. The Morgan fingerprint density at radius 3 is 2.48 bits per heavy atom. The van der Waals surface area contributed by atoms with Gasteiger partial charge >= 0.3 is 0 Å². The second-order valence-corrected chi connectivity index (χ2v) is 9.22. The number of rotatable bonds is 5. The summed E-state index contributed by atoms with van der Waals surface area (Å²) in [6.45, 7) is 9.24. The monoisotopic (exact) mass is 398 g/mol. The third kappa shape index (κ3) is 4.15. The van der Waals surface area contributed by atoms with Gasteiger partial charge in [0.25, 0.3) is 0 Å². The van der Waals surface area contributed by atoms with E-state index in [1.54, 1.807) is 7.11 Å². The molecule has 1 amide bonds. The zero-order chi connectivity index (χ0) is 20.8. The van der Waals surface area contributed by atoms with Crippen molar-refractivity contribution in [1.29, 1.82) is 0 Å². The highest BCUT2D eigenvalue weighted by Crippen LogP contribution is 2.45. The third-order valence-electron chi connectivity index (χ3n) is 5.34. The summed E-state index contributed by atoms with van der Waals surface area (Å²) in [5, 5.41) is 4.63. The standard InChI is InChI=1S/C22H30N4O3/c1-14-23-21(25(24-14)13-22(2,3)4)20-19(15-6-10-17(28-5)11-7-15)26(16-8-9-16)18(27)12-29-20/h6-7,10-11,16,19-20H,8-9,12-13H2,1-5H3/t19-,20+/m1/s1. The van der Waals surface area contributed by atoms with Gasteiger partial charge in [0.2, 0.25) is 5.91 Å². The summed E-state index contributed by atoms with van der Waals surface area (Å²) in [5.74, 6) is 2.34. The molecule has 1 saturated heterocycles. The summed E-state index contributed by atoms with van der Waals surface area (Å²) < 4.78 is 13.4. The highest BCUT2D eigenvalue weighted by Gasteiger charge is 2.47. The SMILES string of the molecule is COc1ccc([C@@H]2[C@@H](c3nc(C)nn3CC(C)(C)C)OCC(=O)N2C2CC2)cc1. The van der Waals surface area contributed by atoms with Gasteiger partial charge in [0.05, 0.1) is 13.2 Å². The van der Waals surface area contributed by atoms with E-state index in [0.717, 1.165) is 42.3 Å². The maximum absolute atomic E-state index is 12.8. The van der Waals surface area contributed by atoms with Crippen LogP contribution in [0.2, 0.25) is 0 Å². The third-order valence-corrected chi connectivity index (χ3v) is 5.34. The van der Waals surface area contributed by atoms with Gasteiger partial charge in [-0.2, -0.15) is 5.10 Å². The minimum absolute atomic E-state index is 0.0446. The van der Waals surface area contributed by atoms with Crippen LogP contribution in [0, 0.1) is 12.3 Å². The van der Waals surface area contributed by atoms with Crippen LogP contribution in [-0.2, 0) is 16.1 Å². The van der Waals surface area contributed by atoms with E-state index in [1.165, 1.54) is 0 Å². The summed E-state index contributed by atoms with van der Waals surface area (Å²) in [4.78, 5) is 19.6. The predicted molar refractivity (Wildman–Crippen MR) is 109 cm³/mol. The van der Waals surface area contributed by atoms with E-state index in [-0.39, 0.29) is 36.1 Å². The van der Waals surface area contributed by atoms with E-state index >= 15 is 0 Å². The number of hydrogen-bond donors (Lipinski definition) is 0. The van der Waals surface area contributed by atoms with Gasteiger partial charge in [-0.3, -0.25) is 4.79 Å². The van der Waals surface area contributed by atoms with Gasteiger partial charge in [0.15, 0.2) is 5.82 Å². The lowest BCUT2D eigenvalue weighted by Gasteiger charge is -2.41. The molecule has 29 heavy (non-hydrogen) atoms. The van der Waals surface area contributed by atoms with Crippen LogP contribution in [-0.4, -0.2) is 45.3 Å². The molecule has 2 heterocycles. The van der Waals surface area contributed by atoms with E-state index in [4.69, 9.17) is 14.5 Å². The number of methoxy groups -OCH3 is 1. The fourth-order valence-corrected chi connectivity index (χ4v) is 4.01. The maximum atomic E-state index is 12.8. The lowest BCUT2D eigenvalue weighted by molar-refractivity contribution is -0.160. The number of amides is 1. The number of nitrogens with zero attached hydrogens (tertiary/aromatic N) is 4. The molecule has 4 rings (SSSR count). The molecule has 7 nitrogen and oxygen atoms in total. The number of carbonyl (C=O) groups is 1. The average molecular weight is 399 g/mol. The number of carbonyl (C=O) groups excluding carboxylic acids is 1. The lowest BCUT2D eigenvalue weighted by atomic mass is 9.95. The van der Waals surface area contributed by atoms with E-state index in [1.807, 2.05) is 40.8 Å². The van der Waals surface area contributed by atoms with Crippen LogP contribution in [0.25, 0.3) is 0 Å². The zero-order valence-corrected chi connectivity index (χ0v) is 17.9. The molecule has 2 fully saturated rings. The molecule has 1 aliphatic carbocycles. The fourth-order valence-electron chi connectivity index (χ4n) is 4.01. The molecule has 0 spiro atoms. The molecule has 2 aliphatic rings. The first kappa shape index (κ1) is 19.9. The predicted octanol–water partition coefficient (Wildman–Crippen LogP) is 3.44. The Morgan fingerprint density at radius 1 is 1.21 bits per heavy atom. The molecular formula is C22H30N4O3. The number of aromatic nitrogens is 3. The van der Waals surface area contributed by atoms with E-state index in [9.17, 15) is 4.79 Å². The van der Waals surface area contributed by atoms with E-state index < -0.39 is 0 Å². The normalized spacial score (nSPS) is 22.8. The second-order valence-electron chi connectivity index (χ2n) is 9.22. The largest absolute Gasteiger partial charge is 0.497 e. The molecule has 156 valence electrons. The van der Waals surface area contributed by atoms with Gasteiger partial charge < -0.3 is 14.4 Å². The van der Waals surface area contributed by atoms with Gasteiger partial charge in [0.1, 0.15) is 24.3 Å². The molecule has 2 aromatic rings. The molecule has 1 aliphatic heterocycles. The number of benzene rings is 1. The van der Waals surface area contributed by atoms with E-state index in [0.29, 0.717) is 0 Å². The van der Waals surface area contributed by atoms with Crippen molar-refractivity contribution in [2.75, 3.05) is 13.7 Å². The van der Waals surface area contributed by atoms with Crippen LogP contribution in [0.15, 0.2) is 24.3 Å². The summed E-state index contributed by atoms with van der Waals surface area (Å²) >= 11 is 0. The van der Waals surface area contributed by atoms with Crippen molar-refractivity contribution in [3.8, 4) is 5.75 Å². The van der Waals surface area contributed by atoms with Crippen LogP contribution in [0.1, 0.15) is 63.0 Å². The Hall–Kier alpha value is -2.41. The summed E-state index contributed by atoms with van der Waals surface area (Å²) in [5.41, 5.74) is 1.07. The molecular weight excluding hydrogens is 368 g/mol. The Bertz CT molecular complexity index is 880. The Labute approximate surface area is 172 Å². The van der Waals surface area contributed by atoms with Crippen LogP contribution in [0.3, 0.4) is 0 Å². The first-order chi connectivity index (χ1) is 13.8. The number of hydrogen-bond acceptors (Lipinski definition) is 5. The Morgan fingerprint density at radius 2 is 1.90 bits per heavy atom. The molecule has 1 aromatic carbocycles. The van der Waals surface area contributed by atoms with Crippen molar-refractivity contribution < 1.29 is 14.3 Å². The Balaban J connectivity index is 1.77. The van der Waals surface area contributed by atoms with Crippen molar-refractivity contribution in [3.63, 3.8) is 0 Å². The molecule has 1 saturated carbocycles. The zero-order valence-electron chi connectivity index (χ0n) is 17.9. The molecule has 0 unspecified atom stereocenters. The Kier molecular flexibility index (Phi) is 5.11. The van der Waals surface area contributed by atoms with Crippen molar-refractivity contribution in [2.45, 2.75) is 65.3 Å². The van der Waals surface area contributed by atoms with Gasteiger partial charge in [0, 0.05) is 12.6 Å². The van der Waals surface area contributed by atoms with Gasteiger partial charge in [-0.1, -0.05) is 32.9 Å². The molecule has 0 radical (unpaired) electrons. The van der Waals surface area contributed by atoms with Crippen molar-refractivity contribution >= 4 is 5.91 Å². The highest BCUT2D eigenvalue weighted by molar-refractivity contribution is 5.79. The van der Waals surface area contributed by atoms with Gasteiger partial charge in [-0.15, -0.1) is 0 Å². The van der Waals surface area contributed by atoms with Gasteiger partial charge in [-0.05, 0) is 42.9 Å². The number of aryl methyl sites for hydroxylation is 1. The van der Waals surface area contributed by atoms with Crippen LogP contribution >= 0.6 is 0 Å². The van der Waals surface area contributed by atoms with Crippen LogP contribution in [0.5, 0.6) is 5.75 Å². The first-order valence-corrected chi connectivity index (χ1v) is 10.2. The second kappa shape index (κ2) is 7.44. The fraction of sp³-hybridized carbons (Fsp3) is 0.591. The molecule has 7 heteroatoms. The van der Waals surface area contributed by atoms with E-state index in [2.05, 4.69) is 25.9 Å². The average Bonchev–Trinajstić information content (AvgIpc) is 3.43. The van der Waals surface area contributed by atoms with Crippen LogP contribution in [0.4, 0.5) is 0 Å². The van der Waals surface area contributed by atoms with Crippen molar-refractivity contribution in [3.05, 3.63) is 41.5 Å². The highest BCUT2D eigenvalue weighted by atomic mass is 16.5. The lowest BCUT2D eigenvalue weighted by Crippen LogP contribution is -2.47. The minimum Gasteiger partial charge on any atom is -0.497 e. The summed E-state index contributed by atoms with van der Waals surface area (Å²) in [6.07, 6.45) is 1.72. The topological polar surface area (TPSA) is 69.5 Å². The quantitative estimate of drug-likeness (QED) is 0.772. The molecule has 1 aromatic heterocycles. The molecule has 0 bridgehead atoms. The minimum atomic E-state index is -0.356. The van der Waals surface area contributed by atoms with Gasteiger partial charge in [-0.25, -0.2) is 9.67 Å². The molecule has 0 N–H and O–H groups in total. The molecule has 2 atom stereocenters. The van der Waals surface area contributed by atoms with Crippen molar-refractivity contribution in [1.82, 2.24) is 19.7 Å². The maximum Gasteiger partial charge on any atom is 0.249 e. The summed E-state index contributed by atoms with van der Waals surface area (Å²) in [7, 11) is 1.65. The van der Waals surface area contributed by atoms with Crippen molar-refractivity contribution in [2.24, 2.45) is 5.41 Å². The number of ether oxygens (including phenoxy) is 2. The van der Waals surface area contributed by atoms with Crippen LogP contribution < -0.4 is 4.74 Å². The summed E-state index contributed by atoms with van der Waals surface area (Å²) in [6, 6.07) is 7.96.